The van der Waals surface area contributed by atoms with Crippen molar-refractivity contribution in [3.63, 3.8) is 0 Å². The van der Waals surface area contributed by atoms with Crippen LogP contribution >= 0.6 is 11.3 Å². The average molecular weight is 322 g/mol. The van der Waals surface area contributed by atoms with Gasteiger partial charge in [-0.3, -0.25) is 0 Å². The zero-order valence-electron chi connectivity index (χ0n) is 13.3. The molecule has 2 nitrogen and oxygen atoms in total. The number of piperazine rings is 1. The molecule has 0 atom stereocenters. The molecule has 1 aromatic heterocycles. The van der Waals surface area contributed by atoms with Crippen LogP contribution in [0.5, 0.6) is 0 Å². The summed E-state index contributed by atoms with van der Waals surface area (Å²) in [6.45, 7) is 5.74. The lowest BCUT2D eigenvalue weighted by molar-refractivity contribution is 0.245. The van der Waals surface area contributed by atoms with Gasteiger partial charge in [0.05, 0.1) is 0 Å². The standard InChI is InChI=1S/C20H22N2S/c1-2-5-17-16(4-1)7-8-20-19(9-15-23-20)18(17)6-3-12-22-13-10-21-11-14-22/h1-2,4-9,15,21H,3,10-14H2. The SMILES string of the molecule is C1=Cc2sccc2C(=CCCN2CCNCC2)c2ccccc21. The van der Waals surface area contributed by atoms with Gasteiger partial charge >= 0.3 is 0 Å². The molecule has 3 heteroatoms. The van der Waals surface area contributed by atoms with Crippen molar-refractivity contribution < 1.29 is 0 Å². The molecular formula is C20H22N2S. The van der Waals surface area contributed by atoms with E-state index < -0.39 is 0 Å². The normalized spacial score (nSPS) is 19.4. The lowest BCUT2D eigenvalue weighted by Crippen LogP contribution is -2.43. The number of thiophene rings is 1. The number of nitrogens with zero attached hydrogens (tertiary/aromatic N) is 1. The molecular weight excluding hydrogens is 300 g/mol. The minimum absolute atomic E-state index is 1.11. The van der Waals surface area contributed by atoms with Crippen LogP contribution in [0.15, 0.2) is 41.8 Å². The summed E-state index contributed by atoms with van der Waals surface area (Å²) in [7, 11) is 0. The predicted octanol–water partition coefficient (Wildman–Crippen LogP) is 3.96. The Kier molecular flexibility index (Phi) is 4.42. The Morgan fingerprint density at radius 2 is 1.91 bits per heavy atom. The molecule has 4 rings (SSSR count). The molecule has 0 saturated carbocycles. The highest BCUT2D eigenvalue weighted by Crippen LogP contribution is 2.36. The molecule has 2 aromatic rings. The molecule has 1 N–H and O–H groups in total. The second kappa shape index (κ2) is 6.83. The van der Waals surface area contributed by atoms with Gasteiger partial charge in [-0.25, -0.2) is 0 Å². The predicted molar refractivity (Wildman–Crippen MR) is 101 cm³/mol. The molecule has 0 spiro atoms. The molecule has 2 heterocycles. The maximum atomic E-state index is 3.42. The number of rotatable bonds is 3. The third-order valence-corrected chi connectivity index (χ3v) is 5.54. The highest BCUT2D eigenvalue weighted by Gasteiger charge is 2.15. The quantitative estimate of drug-likeness (QED) is 0.785. The van der Waals surface area contributed by atoms with Gasteiger partial charge in [-0.2, -0.15) is 0 Å². The summed E-state index contributed by atoms with van der Waals surface area (Å²) >= 11 is 1.83. The largest absolute Gasteiger partial charge is 0.314 e. The van der Waals surface area contributed by atoms with E-state index in [-0.39, 0.29) is 0 Å². The molecule has 0 bridgehead atoms. The van der Waals surface area contributed by atoms with E-state index in [9.17, 15) is 0 Å². The Morgan fingerprint density at radius 1 is 1.04 bits per heavy atom. The van der Waals surface area contributed by atoms with E-state index in [1.54, 1.807) is 0 Å². The van der Waals surface area contributed by atoms with Crippen molar-refractivity contribution >= 4 is 29.1 Å². The molecule has 1 aliphatic carbocycles. The molecule has 23 heavy (non-hydrogen) atoms. The highest BCUT2D eigenvalue weighted by atomic mass is 32.1. The summed E-state index contributed by atoms with van der Waals surface area (Å²) in [4.78, 5) is 3.93. The number of hydrogen-bond donors (Lipinski definition) is 1. The van der Waals surface area contributed by atoms with Gasteiger partial charge in [0.25, 0.3) is 0 Å². The van der Waals surface area contributed by atoms with Crippen LogP contribution in [0.4, 0.5) is 0 Å². The minimum Gasteiger partial charge on any atom is -0.314 e. The summed E-state index contributed by atoms with van der Waals surface area (Å²) in [6.07, 6.45) is 8.07. The van der Waals surface area contributed by atoms with Crippen molar-refractivity contribution in [1.29, 1.82) is 0 Å². The Balaban J connectivity index is 1.62. The first-order valence-corrected chi connectivity index (χ1v) is 9.28. The van der Waals surface area contributed by atoms with E-state index >= 15 is 0 Å². The van der Waals surface area contributed by atoms with Crippen molar-refractivity contribution in [2.24, 2.45) is 0 Å². The van der Waals surface area contributed by atoms with Gasteiger partial charge in [0.15, 0.2) is 0 Å². The van der Waals surface area contributed by atoms with E-state index in [1.807, 2.05) is 11.3 Å². The Labute approximate surface area is 142 Å². The maximum absolute atomic E-state index is 3.42. The number of nitrogens with one attached hydrogen (secondary N) is 1. The fourth-order valence-electron chi connectivity index (χ4n) is 3.42. The van der Waals surface area contributed by atoms with E-state index in [4.69, 9.17) is 0 Å². The number of fused-ring (bicyclic) bond motifs is 2. The van der Waals surface area contributed by atoms with Crippen LogP contribution < -0.4 is 5.32 Å². The summed E-state index contributed by atoms with van der Waals surface area (Å²) in [5.41, 5.74) is 5.47. The van der Waals surface area contributed by atoms with Crippen molar-refractivity contribution in [2.75, 3.05) is 32.7 Å². The average Bonchev–Trinajstić information content (AvgIpc) is 3.01. The summed E-state index contributed by atoms with van der Waals surface area (Å²) < 4.78 is 0. The molecule has 1 aromatic carbocycles. The highest BCUT2D eigenvalue weighted by molar-refractivity contribution is 7.11. The van der Waals surface area contributed by atoms with Crippen LogP contribution in [0.3, 0.4) is 0 Å². The van der Waals surface area contributed by atoms with E-state index in [0.717, 1.165) is 26.1 Å². The molecule has 0 amide bonds. The molecule has 1 fully saturated rings. The van der Waals surface area contributed by atoms with Crippen LogP contribution in [0.2, 0.25) is 0 Å². The van der Waals surface area contributed by atoms with Crippen molar-refractivity contribution in [1.82, 2.24) is 10.2 Å². The lowest BCUT2D eigenvalue weighted by Gasteiger charge is -2.26. The van der Waals surface area contributed by atoms with Crippen molar-refractivity contribution in [2.45, 2.75) is 6.42 Å². The second-order valence-corrected chi connectivity index (χ2v) is 7.06. The fourth-order valence-corrected chi connectivity index (χ4v) is 4.22. The van der Waals surface area contributed by atoms with Crippen LogP contribution in [0, 0.1) is 0 Å². The third kappa shape index (κ3) is 3.18. The minimum atomic E-state index is 1.11. The van der Waals surface area contributed by atoms with Crippen LogP contribution in [-0.4, -0.2) is 37.6 Å². The molecule has 0 radical (unpaired) electrons. The Hall–Kier alpha value is -1.68. The zero-order valence-corrected chi connectivity index (χ0v) is 14.1. The maximum Gasteiger partial charge on any atom is 0.0349 e. The van der Waals surface area contributed by atoms with Crippen LogP contribution in [-0.2, 0) is 0 Å². The topological polar surface area (TPSA) is 15.3 Å². The monoisotopic (exact) mass is 322 g/mol. The van der Waals surface area contributed by atoms with Crippen LogP contribution in [0.1, 0.15) is 28.0 Å². The molecule has 1 saturated heterocycles. The van der Waals surface area contributed by atoms with Gasteiger partial charge in [0, 0.05) is 37.6 Å². The molecule has 2 aliphatic rings. The number of hydrogen-bond acceptors (Lipinski definition) is 3. The van der Waals surface area contributed by atoms with Crippen molar-refractivity contribution in [3.05, 3.63) is 63.4 Å². The van der Waals surface area contributed by atoms with Crippen LogP contribution in [0.25, 0.3) is 17.7 Å². The first-order chi connectivity index (χ1) is 11.4. The second-order valence-electron chi connectivity index (χ2n) is 6.12. The van der Waals surface area contributed by atoms with E-state index in [2.05, 4.69) is 64.2 Å². The van der Waals surface area contributed by atoms with Gasteiger partial charge < -0.3 is 10.2 Å². The summed E-state index contributed by atoms with van der Waals surface area (Å²) in [5.74, 6) is 0. The number of benzene rings is 1. The molecule has 0 unspecified atom stereocenters. The van der Waals surface area contributed by atoms with Gasteiger partial charge in [-0.05, 0) is 46.2 Å². The summed E-state index contributed by atoms with van der Waals surface area (Å²) in [6, 6.07) is 11.0. The first kappa shape index (κ1) is 14.9. The van der Waals surface area contributed by atoms with Gasteiger partial charge in [-0.15, -0.1) is 11.3 Å². The van der Waals surface area contributed by atoms with Gasteiger partial charge in [-0.1, -0.05) is 36.4 Å². The van der Waals surface area contributed by atoms with E-state index in [0.29, 0.717) is 0 Å². The Morgan fingerprint density at radius 3 is 2.83 bits per heavy atom. The Bertz CT molecular complexity index is 736. The first-order valence-electron chi connectivity index (χ1n) is 8.40. The molecule has 118 valence electrons. The fraction of sp³-hybridized carbons (Fsp3) is 0.300. The smallest absolute Gasteiger partial charge is 0.0349 e. The lowest BCUT2D eigenvalue weighted by atomic mass is 9.95. The third-order valence-electron chi connectivity index (χ3n) is 4.65. The van der Waals surface area contributed by atoms with E-state index in [1.165, 1.54) is 40.2 Å². The summed E-state index contributed by atoms with van der Waals surface area (Å²) in [5, 5.41) is 5.62. The zero-order chi connectivity index (χ0) is 15.5. The van der Waals surface area contributed by atoms with Gasteiger partial charge in [0.2, 0.25) is 0 Å². The van der Waals surface area contributed by atoms with Crippen molar-refractivity contribution in [3.8, 4) is 0 Å². The van der Waals surface area contributed by atoms with Gasteiger partial charge in [0.1, 0.15) is 0 Å². The molecule has 1 aliphatic heterocycles.